The van der Waals surface area contributed by atoms with Crippen molar-refractivity contribution in [3.05, 3.63) is 29.5 Å². The quantitative estimate of drug-likeness (QED) is 0.854. The lowest BCUT2D eigenvalue weighted by Crippen LogP contribution is -2.35. The molecule has 4 heterocycles. The van der Waals surface area contributed by atoms with Crippen LogP contribution in [0.2, 0.25) is 0 Å². The third-order valence-electron chi connectivity index (χ3n) is 5.92. The van der Waals surface area contributed by atoms with E-state index in [4.69, 9.17) is 4.42 Å². The van der Waals surface area contributed by atoms with Crippen molar-refractivity contribution in [2.75, 3.05) is 13.1 Å². The van der Waals surface area contributed by atoms with Crippen molar-refractivity contribution < 1.29 is 4.42 Å². The summed E-state index contributed by atoms with van der Waals surface area (Å²) in [5.74, 6) is 5.51. The monoisotopic (exact) mass is 341 g/mol. The summed E-state index contributed by atoms with van der Waals surface area (Å²) < 4.78 is 8.37. The fraction of sp³-hybridized carbons (Fsp3) is 0.737. The van der Waals surface area contributed by atoms with Gasteiger partial charge in [0.05, 0.1) is 12.7 Å². The molecular weight excluding hydrogens is 314 g/mol. The van der Waals surface area contributed by atoms with Gasteiger partial charge in [-0.15, -0.1) is 10.2 Å². The fourth-order valence-corrected chi connectivity index (χ4v) is 4.36. The van der Waals surface area contributed by atoms with Crippen LogP contribution in [0.3, 0.4) is 0 Å². The van der Waals surface area contributed by atoms with E-state index in [0.29, 0.717) is 11.8 Å². The van der Waals surface area contributed by atoms with Gasteiger partial charge in [0.1, 0.15) is 17.4 Å². The minimum atomic E-state index is 0.492. The van der Waals surface area contributed by atoms with Gasteiger partial charge >= 0.3 is 0 Å². The molecule has 3 aliphatic rings. The number of likely N-dealkylation sites (tertiary alicyclic amines) is 1. The van der Waals surface area contributed by atoms with Crippen molar-refractivity contribution in [2.24, 2.45) is 0 Å². The van der Waals surface area contributed by atoms with Crippen molar-refractivity contribution in [2.45, 2.75) is 76.3 Å². The van der Waals surface area contributed by atoms with Crippen molar-refractivity contribution in [1.82, 2.24) is 24.6 Å². The molecule has 25 heavy (non-hydrogen) atoms. The number of fused-ring (bicyclic) bond motifs is 1. The van der Waals surface area contributed by atoms with Crippen LogP contribution in [0.25, 0.3) is 0 Å². The van der Waals surface area contributed by atoms with E-state index in [1.807, 2.05) is 6.20 Å². The average molecular weight is 341 g/mol. The SMILES string of the molecule is c1nc(CN2CCC[C@H](c3nnc4n3CCCCC4)C2)oc1C1CC1. The summed E-state index contributed by atoms with van der Waals surface area (Å²) in [6.07, 6.45) is 11.8. The zero-order valence-corrected chi connectivity index (χ0v) is 14.9. The van der Waals surface area contributed by atoms with Gasteiger partial charge in [-0.3, -0.25) is 4.90 Å². The van der Waals surface area contributed by atoms with E-state index in [-0.39, 0.29) is 0 Å². The number of piperidine rings is 1. The second-order valence-electron chi connectivity index (χ2n) is 7.94. The summed E-state index contributed by atoms with van der Waals surface area (Å²) in [6.45, 7) is 4.08. The fourth-order valence-electron chi connectivity index (χ4n) is 4.36. The predicted molar refractivity (Wildman–Crippen MR) is 93.3 cm³/mol. The van der Waals surface area contributed by atoms with Crippen LogP contribution in [0.5, 0.6) is 0 Å². The van der Waals surface area contributed by atoms with Crippen LogP contribution in [0.1, 0.15) is 80.1 Å². The number of hydrogen-bond acceptors (Lipinski definition) is 5. The Morgan fingerprint density at radius 2 is 1.96 bits per heavy atom. The first kappa shape index (κ1) is 15.6. The van der Waals surface area contributed by atoms with Gasteiger partial charge in [0, 0.05) is 31.3 Å². The highest BCUT2D eigenvalue weighted by molar-refractivity contribution is 5.09. The Bertz CT molecular complexity index is 732. The minimum Gasteiger partial charge on any atom is -0.444 e. The van der Waals surface area contributed by atoms with Crippen molar-refractivity contribution in [3.63, 3.8) is 0 Å². The molecule has 134 valence electrons. The molecule has 0 amide bonds. The van der Waals surface area contributed by atoms with Crippen LogP contribution in [-0.4, -0.2) is 37.7 Å². The summed E-state index contributed by atoms with van der Waals surface area (Å²) in [6, 6.07) is 0. The van der Waals surface area contributed by atoms with Crippen LogP contribution in [0.15, 0.2) is 10.6 Å². The van der Waals surface area contributed by atoms with Crippen molar-refractivity contribution in [3.8, 4) is 0 Å². The summed E-state index contributed by atoms with van der Waals surface area (Å²) in [5, 5.41) is 9.08. The number of rotatable bonds is 4. The highest BCUT2D eigenvalue weighted by Gasteiger charge is 2.30. The molecule has 6 nitrogen and oxygen atoms in total. The molecular formula is C19H27N5O. The minimum absolute atomic E-state index is 0.492. The number of aromatic nitrogens is 4. The van der Waals surface area contributed by atoms with Gasteiger partial charge in [-0.25, -0.2) is 4.98 Å². The van der Waals surface area contributed by atoms with E-state index in [2.05, 4.69) is 24.6 Å². The second-order valence-corrected chi connectivity index (χ2v) is 7.94. The Balaban J connectivity index is 1.28. The molecule has 2 aromatic heterocycles. The Kier molecular flexibility index (Phi) is 4.08. The molecule has 2 fully saturated rings. The molecule has 6 heteroatoms. The van der Waals surface area contributed by atoms with Gasteiger partial charge in [-0.1, -0.05) is 6.42 Å². The lowest BCUT2D eigenvalue weighted by atomic mass is 9.97. The molecule has 0 radical (unpaired) electrons. The van der Waals surface area contributed by atoms with Gasteiger partial charge in [0.15, 0.2) is 0 Å². The molecule has 2 aromatic rings. The van der Waals surface area contributed by atoms with Crippen molar-refractivity contribution >= 4 is 0 Å². The van der Waals surface area contributed by atoms with Crippen LogP contribution in [-0.2, 0) is 19.5 Å². The van der Waals surface area contributed by atoms with Crippen LogP contribution in [0.4, 0.5) is 0 Å². The maximum atomic E-state index is 5.96. The van der Waals surface area contributed by atoms with E-state index in [9.17, 15) is 0 Å². The first-order valence-corrected chi connectivity index (χ1v) is 9.96. The van der Waals surface area contributed by atoms with E-state index >= 15 is 0 Å². The summed E-state index contributed by atoms with van der Waals surface area (Å²) in [4.78, 5) is 6.98. The topological polar surface area (TPSA) is 60.0 Å². The highest BCUT2D eigenvalue weighted by Crippen LogP contribution is 2.40. The molecule has 0 spiro atoms. The number of nitrogens with zero attached hydrogens (tertiary/aromatic N) is 5. The molecule has 5 rings (SSSR count). The smallest absolute Gasteiger partial charge is 0.208 e. The van der Waals surface area contributed by atoms with Gasteiger partial charge in [-0.05, 0) is 45.1 Å². The zero-order valence-electron chi connectivity index (χ0n) is 14.9. The Morgan fingerprint density at radius 3 is 2.88 bits per heavy atom. The summed E-state index contributed by atoms with van der Waals surface area (Å²) in [7, 11) is 0. The van der Waals surface area contributed by atoms with Crippen LogP contribution >= 0.6 is 0 Å². The largest absolute Gasteiger partial charge is 0.444 e. The number of oxazole rings is 1. The Labute approximate surface area is 148 Å². The van der Waals surface area contributed by atoms with Crippen molar-refractivity contribution in [1.29, 1.82) is 0 Å². The first-order valence-electron chi connectivity index (χ1n) is 9.96. The van der Waals surface area contributed by atoms with E-state index in [1.54, 1.807) is 0 Å². The highest BCUT2D eigenvalue weighted by atomic mass is 16.4. The molecule has 0 aromatic carbocycles. The van der Waals surface area contributed by atoms with E-state index < -0.39 is 0 Å². The standard InChI is InChI=1S/C19H27N5O/c1-2-6-17-21-22-19(24(17)10-3-1)15-5-4-9-23(12-15)13-18-20-11-16(25-18)14-7-8-14/h11,14-15H,1-10,12-13H2/t15-/m0/s1. The molecule has 0 N–H and O–H groups in total. The van der Waals surface area contributed by atoms with Gasteiger partial charge in [0.25, 0.3) is 0 Å². The molecule has 1 atom stereocenters. The van der Waals surface area contributed by atoms with Gasteiger partial charge in [-0.2, -0.15) is 0 Å². The molecule has 1 saturated heterocycles. The predicted octanol–water partition coefficient (Wildman–Crippen LogP) is 3.25. The van der Waals surface area contributed by atoms with Crippen LogP contribution < -0.4 is 0 Å². The number of aryl methyl sites for hydroxylation is 1. The van der Waals surface area contributed by atoms with E-state index in [1.165, 1.54) is 56.6 Å². The third-order valence-corrected chi connectivity index (χ3v) is 5.92. The summed E-state index contributed by atoms with van der Waals surface area (Å²) in [5.41, 5.74) is 0. The normalized spacial score (nSPS) is 24.9. The van der Waals surface area contributed by atoms with Crippen LogP contribution in [0, 0.1) is 0 Å². The molecule has 1 aliphatic carbocycles. The van der Waals surface area contributed by atoms with E-state index in [0.717, 1.165) is 44.3 Å². The average Bonchev–Trinajstić information content (AvgIpc) is 3.32. The number of hydrogen-bond donors (Lipinski definition) is 0. The molecule has 0 bridgehead atoms. The lowest BCUT2D eigenvalue weighted by molar-refractivity contribution is 0.177. The maximum Gasteiger partial charge on any atom is 0.208 e. The molecule has 1 saturated carbocycles. The van der Waals surface area contributed by atoms with Gasteiger partial charge in [0.2, 0.25) is 5.89 Å². The maximum absolute atomic E-state index is 5.96. The second kappa shape index (κ2) is 6.56. The Morgan fingerprint density at radius 1 is 1.00 bits per heavy atom. The summed E-state index contributed by atoms with van der Waals surface area (Å²) >= 11 is 0. The Hall–Kier alpha value is -1.69. The lowest BCUT2D eigenvalue weighted by Gasteiger charge is -2.31. The van der Waals surface area contributed by atoms with Gasteiger partial charge < -0.3 is 8.98 Å². The molecule has 2 aliphatic heterocycles. The third kappa shape index (κ3) is 3.24. The zero-order chi connectivity index (χ0) is 16.6. The first-order chi connectivity index (χ1) is 12.4. The molecule has 0 unspecified atom stereocenters.